The Hall–Kier alpha value is -4.70. The van der Waals surface area contributed by atoms with Crippen molar-refractivity contribution in [2.45, 2.75) is 173 Å². The first-order chi connectivity index (χ1) is 31.4. The molecule has 1 aromatic heterocycles. The van der Waals surface area contributed by atoms with Gasteiger partial charge in [-0.1, -0.05) is 156 Å². The second kappa shape index (κ2) is 11.6. The van der Waals surface area contributed by atoms with Crippen LogP contribution in [0.15, 0.2) is 84.8 Å². The Labute approximate surface area is 383 Å². The molecule has 6 aromatic rings. The van der Waals surface area contributed by atoms with Crippen molar-refractivity contribution < 1.29 is 5.48 Å². The summed E-state index contributed by atoms with van der Waals surface area (Å²) in [6.45, 7) is 29.0. The summed E-state index contributed by atoms with van der Waals surface area (Å²) >= 11 is 0. The average molecular weight is 832 g/mol. The molecule has 5 heterocycles. The van der Waals surface area contributed by atoms with Gasteiger partial charge in [-0.05, 0) is 124 Å². The third-order valence-electron chi connectivity index (χ3n) is 19.0. The van der Waals surface area contributed by atoms with Crippen LogP contribution in [0.2, 0.25) is 0 Å². The lowest BCUT2D eigenvalue weighted by Gasteiger charge is -2.53. The Morgan fingerprint density at radius 1 is 0.603 bits per heavy atom. The molecule has 320 valence electrons. The molecule has 4 unspecified atom stereocenters. The van der Waals surface area contributed by atoms with E-state index in [0.29, 0.717) is 5.69 Å². The number of aromatic nitrogens is 1. The lowest BCUT2D eigenvalue weighted by atomic mass is 9.33. The molecule has 7 aliphatic rings. The van der Waals surface area contributed by atoms with Gasteiger partial charge in [0.05, 0.1) is 16.6 Å². The zero-order chi connectivity index (χ0) is 47.2. The number of hydrogen-bond donors (Lipinski definition) is 0. The van der Waals surface area contributed by atoms with E-state index in [1.807, 2.05) is 0 Å². The summed E-state index contributed by atoms with van der Waals surface area (Å²) in [6.07, 6.45) is 8.51. The first-order valence-corrected chi connectivity index (χ1v) is 24.3. The summed E-state index contributed by atoms with van der Waals surface area (Å²) < 4.78 is 40.3. The standard InChI is InChI=1S/C59H66BN3/c1-53(2,3)35-29-39-48-38-21-13-14-22-40(38)55(7,8)52(48)61-46-33-37(62-45-24-16-15-23-41(45)56(9)25-17-19-27-58(56,62)11)34-47-49(46)60(43(31-35)50(39)61)44-32-36(54(4,5)6)30-42-51(44)63(47)59(12)28-20-18-26-57(42,59)10/h13-16,21-24,29-34H,17-20,25-28H2,1-12H3/i15D,16D,23D,24D. The van der Waals surface area contributed by atoms with Crippen LogP contribution in [-0.2, 0) is 27.1 Å². The van der Waals surface area contributed by atoms with Crippen LogP contribution < -0.4 is 26.2 Å². The van der Waals surface area contributed by atoms with Crippen molar-refractivity contribution in [1.82, 2.24) is 4.57 Å². The molecule has 0 spiro atoms. The molecule has 13 rings (SSSR count). The maximum absolute atomic E-state index is 9.79. The summed E-state index contributed by atoms with van der Waals surface area (Å²) in [5, 5.41) is 1.33. The van der Waals surface area contributed by atoms with Crippen molar-refractivity contribution in [2.75, 3.05) is 9.80 Å². The predicted octanol–water partition coefficient (Wildman–Crippen LogP) is 13.2. The average Bonchev–Trinajstić information content (AvgIpc) is 3.89. The summed E-state index contributed by atoms with van der Waals surface area (Å²) in [5.41, 5.74) is 19.9. The molecule has 0 amide bonds. The molecule has 4 heteroatoms. The van der Waals surface area contributed by atoms with E-state index in [-0.39, 0.29) is 58.1 Å². The summed E-state index contributed by atoms with van der Waals surface area (Å²) in [4.78, 5) is 5.29. The summed E-state index contributed by atoms with van der Waals surface area (Å²) in [7, 11) is 0. The maximum atomic E-state index is 9.79. The number of benzene rings is 5. The van der Waals surface area contributed by atoms with Gasteiger partial charge in [0.2, 0.25) is 0 Å². The van der Waals surface area contributed by atoms with Crippen LogP contribution in [0.25, 0.3) is 27.7 Å². The molecule has 4 aliphatic heterocycles. The minimum atomic E-state index is -0.481. The predicted molar refractivity (Wildman–Crippen MR) is 269 cm³/mol. The van der Waals surface area contributed by atoms with E-state index in [1.165, 1.54) is 96.3 Å². The van der Waals surface area contributed by atoms with Gasteiger partial charge in [0, 0.05) is 66.8 Å². The molecular weight excluding hydrogens is 761 g/mol. The zero-order valence-corrected chi connectivity index (χ0v) is 39.8. The number of fused-ring (bicyclic) bond motifs is 15. The smallest absolute Gasteiger partial charge is 0.252 e. The number of hydrogen-bond acceptors (Lipinski definition) is 2. The van der Waals surface area contributed by atoms with E-state index >= 15 is 0 Å². The molecule has 2 saturated carbocycles. The van der Waals surface area contributed by atoms with Crippen LogP contribution >= 0.6 is 0 Å². The highest BCUT2D eigenvalue weighted by Crippen LogP contribution is 2.65. The van der Waals surface area contributed by atoms with E-state index in [0.717, 1.165) is 49.8 Å². The van der Waals surface area contributed by atoms with Crippen LogP contribution in [0.1, 0.15) is 173 Å². The minimum absolute atomic E-state index is 0.0110. The first-order valence-electron chi connectivity index (χ1n) is 26.3. The third kappa shape index (κ3) is 4.33. The highest BCUT2D eigenvalue weighted by Gasteiger charge is 2.63. The lowest BCUT2D eigenvalue weighted by molar-refractivity contribution is 0.194. The number of anilines is 4. The Bertz CT molecular complexity index is 3290. The minimum Gasteiger partial charge on any atom is -0.335 e. The van der Waals surface area contributed by atoms with Gasteiger partial charge in [-0.3, -0.25) is 0 Å². The summed E-state index contributed by atoms with van der Waals surface area (Å²) in [6, 6.07) is 24.4. The molecule has 3 aliphatic carbocycles. The van der Waals surface area contributed by atoms with Gasteiger partial charge in [0.1, 0.15) is 0 Å². The third-order valence-corrected chi connectivity index (χ3v) is 19.0. The van der Waals surface area contributed by atoms with Gasteiger partial charge in [-0.15, -0.1) is 0 Å². The van der Waals surface area contributed by atoms with E-state index in [2.05, 4.69) is 158 Å². The quantitative estimate of drug-likeness (QED) is 0.153. The van der Waals surface area contributed by atoms with Gasteiger partial charge >= 0.3 is 0 Å². The molecule has 63 heavy (non-hydrogen) atoms. The van der Waals surface area contributed by atoms with Crippen molar-refractivity contribution in [3.05, 3.63) is 118 Å². The zero-order valence-electron chi connectivity index (χ0n) is 43.8. The van der Waals surface area contributed by atoms with E-state index in [9.17, 15) is 4.11 Å². The fourth-order valence-electron chi connectivity index (χ4n) is 15.1. The van der Waals surface area contributed by atoms with E-state index in [1.54, 1.807) is 0 Å². The number of rotatable bonds is 1. The van der Waals surface area contributed by atoms with Crippen molar-refractivity contribution in [2.24, 2.45) is 0 Å². The largest absolute Gasteiger partial charge is 0.335 e. The van der Waals surface area contributed by atoms with E-state index in [4.69, 9.17) is 1.37 Å². The topological polar surface area (TPSA) is 11.4 Å². The molecule has 0 N–H and O–H groups in total. The second-order valence-electron chi connectivity index (χ2n) is 24.5. The Balaban J connectivity index is 1.24. The normalized spacial score (nSPS) is 28.7. The van der Waals surface area contributed by atoms with Crippen LogP contribution in [0.3, 0.4) is 0 Å². The highest BCUT2D eigenvalue weighted by molar-refractivity contribution is 7.00. The lowest BCUT2D eigenvalue weighted by Crippen LogP contribution is -2.64. The number of nitrogens with zero attached hydrogens (tertiary/aromatic N) is 3. The van der Waals surface area contributed by atoms with Crippen molar-refractivity contribution >= 4 is 56.8 Å². The fraction of sp³-hybridized carbons (Fsp3) is 0.458. The molecule has 0 radical (unpaired) electrons. The summed E-state index contributed by atoms with van der Waals surface area (Å²) in [5.74, 6) is 0. The van der Waals surface area contributed by atoms with Gasteiger partial charge in [-0.25, -0.2) is 0 Å². The van der Waals surface area contributed by atoms with Crippen molar-refractivity contribution in [3.63, 3.8) is 0 Å². The van der Waals surface area contributed by atoms with Gasteiger partial charge in [0.15, 0.2) is 0 Å². The first kappa shape index (κ1) is 34.7. The van der Waals surface area contributed by atoms with Crippen LogP contribution in [0, 0.1) is 0 Å². The van der Waals surface area contributed by atoms with E-state index < -0.39 is 11.0 Å². The molecule has 2 fully saturated rings. The van der Waals surface area contributed by atoms with Gasteiger partial charge in [0.25, 0.3) is 6.71 Å². The van der Waals surface area contributed by atoms with Crippen LogP contribution in [0.4, 0.5) is 22.7 Å². The van der Waals surface area contributed by atoms with Crippen LogP contribution in [-0.4, -0.2) is 22.4 Å². The SMILES string of the molecule is [2H]c1c([2H])c([2H])c2c(c1[2H])N(c1cc3c4c(c1)-n1c5c(c6cc(C(C)(C)C)cc(c61)B4c1cc(C(C)(C)C)cc4c1N3C1(C)CCCCC41C)-c1ccccc1C5(C)C)C1(C)CCCCC21C. The molecular formula is C59H66BN3. The van der Waals surface area contributed by atoms with Crippen LogP contribution in [0.5, 0.6) is 0 Å². The van der Waals surface area contributed by atoms with Gasteiger partial charge in [-0.2, -0.15) is 0 Å². The molecule has 0 bridgehead atoms. The second-order valence-corrected chi connectivity index (χ2v) is 24.5. The monoisotopic (exact) mass is 832 g/mol. The molecule has 4 atom stereocenters. The Kier molecular flexibility index (Phi) is 6.37. The van der Waals surface area contributed by atoms with Crippen molar-refractivity contribution in [1.29, 1.82) is 0 Å². The highest BCUT2D eigenvalue weighted by atomic mass is 15.3. The Morgan fingerprint density at radius 3 is 1.92 bits per heavy atom. The molecule has 0 saturated heterocycles. The molecule has 3 nitrogen and oxygen atoms in total. The number of para-hydroxylation sites is 1. The van der Waals surface area contributed by atoms with Crippen molar-refractivity contribution in [3.8, 4) is 16.8 Å². The fourth-order valence-corrected chi connectivity index (χ4v) is 15.1. The Morgan fingerprint density at radius 2 is 1.21 bits per heavy atom. The van der Waals surface area contributed by atoms with Gasteiger partial charge < -0.3 is 14.4 Å². The maximum Gasteiger partial charge on any atom is 0.252 e. The molecule has 5 aromatic carbocycles.